The van der Waals surface area contributed by atoms with Gasteiger partial charge in [0.1, 0.15) is 12.2 Å². The molecule has 0 saturated carbocycles. The van der Waals surface area contributed by atoms with Crippen molar-refractivity contribution >= 4 is 22.7 Å². The van der Waals surface area contributed by atoms with Gasteiger partial charge in [-0.05, 0) is 30.7 Å². The number of pyridine rings is 1. The molecule has 1 aromatic carbocycles. The lowest BCUT2D eigenvalue weighted by molar-refractivity contribution is -0.129. The van der Waals surface area contributed by atoms with Crippen molar-refractivity contribution in [3.05, 3.63) is 54.3 Å². The minimum Gasteiger partial charge on any atom is -0.463 e. The maximum atomic E-state index is 13.3. The van der Waals surface area contributed by atoms with Gasteiger partial charge in [-0.1, -0.05) is 25.1 Å². The number of aromatic nitrogens is 1. The number of likely N-dealkylation sites (N-methyl/N-ethyl adjacent to an activating group) is 1. The molecule has 0 aliphatic heterocycles. The molecular weight excluding hydrogens is 342 g/mol. The van der Waals surface area contributed by atoms with Crippen LogP contribution in [0, 0.1) is 0 Å². The second-order valence-corrected chi connectivity index (χ2v) is 6.56. The van der Waals surface area contributed by atoms with Crippen LogP contribution in [-0.2, 0) is 4.79 Å². The molecule has 0 unspecified atom stereocenters. The molecule has 140 valence electrons. The molecule has 0 bridgehead atoms. The van der Waals surface area contributed by atoms with Gasteiger partial charge in [0.25, 0.3) is 5.91 Å². The summed E-state index contributed by atoms with van der Waals surface area (Å²) in [5, 5.41) is 0.760. The summed E-state index contributed by atoms with van der Waals surface area (Å²) in [4.78, 5) is 33.2. The van der Waals surface area contributed by atoms with Gasteiger partial charge >= 0.3 is 0 Å². The van der Waals surface area contributed by atoms with Crippen LogP contribution in [0.3, 0.4) is 0 Å². The molecule has 27 heavy (non-hydrogen) atoms. The molecule has 0 atom stereocenters. The number of amides is 2. The van der Waals surface area contributed by atoms with Gasteiger partial charge in [-0.3, -0.25) is 9.59 Å². The zero-order valence-corrected chi connectivity index (χ0v) is 15.8. The molecule has 3 rings (SSSR count). The number of nitrogens with zero attached hydrogens (tertiary/aromatic N) is 3. The van der Waals surface area contributed by atoms with Gasteiger partial charge in [-0.25, -0.2) is 4.98 Å². The number of carbonyl (C=O) groups is 2. The van der Waals surface area contributed by atoms with Crippen LogP contribution >= 0.6 is 0 Å². The van der Waals surface area contributed by atoms with E-state index in [1.165, 1.54) is 4.90 Å². The van der Waals surface area contributed by atoms with E-state index in [1.807, 2.05) is 37.3 Å². The molecule has 3 aromatic rings. The number of para-hydroxylation sites is 1. The van der Waals surface area contributed by atoms with Crippen LogP contribution in [-0.4, -0.2) is 53.8 Å². The molecule has 2 aromatic heterocycles. The normalized spacial score (nSPS) is 10.8. The molecule has 0 N–H and O–H groups in total. The standard InChI is InChI=1S/C21H23N3O3/c1-4-11-24(14-20(25)23(2)3)21(26)16-13-18(19-10-7-12-27-19)22-17-9-6-5-8-15(16)17/h5-10,12-13H,4,11,14H2,1-3H3. The topological polar surface area (TPSA) is 66.7 Å². The number of rotatable bonds is 6. The molecule has 0 fully saturated rings. The molecule has 6 nitrogen and oxygen atoms in total. The van der Waals surface area contributed by atoms with Crippen LogP contribution in [0.1, 0.15) is 23.7 Å². The predicted octanol–water partition coefficient (Wildman–Crippen LogP) is 3.44. The first-order valence-electron chi connectivity index (χ1n) is 8.94. The Balaban J connectivity index is 2.07. The monoisotopic (exact) mass is 365 g/mol. The van der Waals surface area contributed by atoms with E-state index in [9.17, 15) is 9.59 Å². The van der Waals surface area contributed by atoms with Gasteiger partial charge in [-0.2, -0.15) is 0 Å². The molecule has 2 amide bonds. The highest BCUT2D eigenvalue weighted by Gasteiger charge is 2.22. The number of fused-ring (bicyclic) bond motifs is 1. The summed E-state index contributed by atoms with van der Waals surface area (Å²) >= 11 is 0. The van der Waals surface area contributed by atoms with E-state index in [-0.39, 0.29) is 18.4 Å². The third kappa shape index (κ3) is 4.00. The van der Waals surface area contributed by atoms with Gasteiger partial charge in [0.05, 0.1) is 17.3 Å². The predicted molar refractivity (Wildman–Crippen MR) is 104 cm³/mol. The smallest absolute Gasteiger partial charge is 0.255 e. The molecule has 2 heterocycles. The van der Waals surface area contributed by atoms with E-state index in [0.717, 1.165) is 11.8 Å². The maximum Gasteiger partial charge on any atom is 0.255 e. The Kier molecular flexibility index (Phi) is 5.54. The molecule has 0 aliphatic carbocycles. The van der Waals surface area contributed by atoms with Crippen molar-refractivity contribution in [1.29, 1.82) is 0 Å². The summed E-state index contributed by atoms with van der Waals surface area (Å²) in [6.07, 6.45) is 2.34. The van der Waals surface area contributed by atoms with Crippen molar-refractivity contribution in [2.24, 2.45) is 0 Å². The third-order valence-corrected chi connectivity index (χ3v) is 4.33. The molecule has 0 spiro atoms. The van der Waals surface area contributed by atoms with Crippen molar-refractivity contribution in [1.82, 2.24) is 14.8 Å². The van der Waals surface area contributed by atoms with Crippen molar-refractivity contribution in [3.8, 4) is 11.5 Å². The zero-order valence-electron chi connectivity index (χ0n) is 15.8. The average Bonchev–Trinajstić information content (AvgIpc) is 3.21. The Hall–Kier alpha value is -3.15. The van der Waals surface area contributed by atoms with Crippen LogP contribution in [0.5, 0.6) is 0 Å². The summed E-state index contributed by atoms with van der Waals surface area (Å²) in [7, 11) is 3.38. The van der Waals surface area contributed by atoms with E-state index in [2.05, 4.69) is 4.98 Å². The minimum atomic E-state index is -0.182. The largest absolute Gasteiger partial charge is 0.463 e. The summed E-state index contributed by atoms with van der Waals surface area (Å²) < 4.78 is 5.46. The fraction of sp³-hybridized carbons (Fsp3) is 0.286. The molecule has 0 aliphatic rings. The average molecular weight is 365 g/mol. The summed E-state index contributed by atoms with van der Waals surface area (Å²) in [5.41, 5.74) is 1.83. The highest BCUT2D eigenvalue weighted by atomic mass is 16.3. The Bertz CT molecular complexity index is 948. The van der Waals surface area contributed by atoms with Gasteiger partial charge in [0.2, 0.25) is 5.91 Å². The first-order valence-corrected chi connectivity index (χ1v) is 8.94. The first-order chi connectivity index (χ1) is 13.0. The van der Waals surface area contributed by atoms with Crippen LogP contribution in [0.2, 0.25) is 0 Å². The highest BCUT2D eigenvalue weighted by molar-refractivity contribution is 6.07. The maximum absolute atomic E-state index is 13.3. The zero-order chi connectivity index (χ0) is 19.4. The Morgan fingerprint density at radius 3 is 2.56 bits per heavy atom. The van der Waals surface area contributed by atoms with E-state index in [4.69, 9.17) is 4.42 Å². The van der Waals surface area contributed by atoms with Crippen LogP contribution in [0.25, 0.3) is 22.4 Å². The van der Waals surface area contributed by atoms with Crippen LogP contribution in [0.15, 0.2) is 53.1 Å². The van der Waals surface area contributed by atoms with Gasteiger partial charge in [-0.15, -0.1) is 0 Å². The van der Waals surface area contributed by atoms with E-state index in [1.54, 1.807) is 37.4 Å². The number of carbonyl (C=O) groups excluding carboxylic acids is 2. The Labute approximate surface area is 158 Å². The first kappa shape index (κ1) is 18.6. The minimum absolute atomic E-state index is 0.0480. The van der Waals surface area contributed by atoms with Crippen molar-refractivity contribution in [2.75, 3.05) is 27.2 Å². The second-order valence-electron chi connectivity index (χ2n) is 6.56. The molecule has 0 saturated heterocycles. The van der Waals surface area contributed by atoms with Gasteiger partial charge in [0.15, 0.2) is 5.76 Å². The van der Waals surface area contributed by atoms with E-state index >= 15 is 0 Å². The molecule has 0 radical (unpaired) electrons. The van der Waals surface area contributed by atoms with Crippen molar-refractivity contribution in [2.45, 2.75) is 13.3 Å². The van der Waals surface area contributed by atoms with E-state index in [0.29, 0.717) is 29.1 Å². The summed E-state index contributed by atoms with van der Waals surface area (Å²) in [5.74, 6) is 0.307. The SMILES string of the molecule is CCCN(CC(=O)N(C)C)C(=O)c1cc(-c2ccco2)nc2ccccc12. The van der Waals surface area contributed by atoms with Crippen molar-refractivity contribution < 1.29 is 14.0 Å². The lowest BCUT2D eigenvalue weighted by Gasteiger charge is -2.24. The van der Waals surface area contributed by atoms with Gasteiger partial charge < -0.3 is 14.2 Å². The molecule has 6 heteroatoms. The van der Waals surface area contributed by atoms with Crippen molar-refractivity contribution in [3.63, 3.8) is 0 Å². The number of hydrogen-bond donors (Lipinski definition) is 0. The summed E-state index contributed by atoms with van der Waals surface area (Å²) in [6, 6.07) is 12.8. The number of furan rings is 1. The fourth-order valence-electron chi connectivity index (χ4n) is 2.90. The lowest BCUT2D eigenvalue weighted by atomic mass is 10.1. The lowest BCUT2D eigenvalue weighted by Crippen LogP contribution is -2.40. The Morgan fingerprint density at radius 2 is 1.89 bits per heavy atom. The third-order valence-electron chi connectivity index (χ3n) is 4.33. The quantitative estimate of drug-likeness (QED) is 0.671. The summed E-state index contributed by atoms with van der Waals surface area (Å²) in [6.45, 7) is 2.54. The van der Waals surface area contributed by atoms with Crippen LogP contribution < -0.4 is 0 Å². The van der Waals surface area contributed by atoms with Crippen LogP contribution in [0.4, 0.5) is 0 Å². The number of benzene rings is 1. The Morgan fingerprint density at radius 1 is 1.11 bits per heavy atom. The fourth-order valence-corrected chi connectivity index (χ4v) is 2.90. The highest BCUT2D eigenvalue weighted by Crippen LogP contribution is 2.26. The molecular formula is C21H23N3O3. The van der Waals surface area contributed by atoms with E-state index < -0.39 is 0 Å². The number of hydrogen-bond acceptors (Lipinski definition) is 4. The van der Waals surface area contributed by atoms with Gasteiger partial charge in [0, 0.05) is 26.0 Å². The second kappa shape index (κ2) is 8.03.